The van der Waals surface area contributed by atoms with Gasteiger partial charge < -0.3 is 15.4 Å². The molecule has 1 aliphatic rings. The average Bonchev–Trinajstić information content (AvgIpc) is 3.44. The summed E-state index contributed by atoms with van der Waals surface area (Å²) in [5, 5.41) is 5.51. The van der Waals surface area contributed by atoms with Crippen LogP contribution in [0.25, 0.3) is 0 Å². The number of nitrogens with one attached hydrogen (secondary N) is 2. The van der Waals surface area contributed by atoms with Gasteiger partial charge in [0.25, 0.3) is 5.91 Å². The molecule has 0 heterocycles. The minimum Gasteiger partial charge on any atom is -0.444 e. The van der Waals surface area contributed by atoms with Crippen molar-refractivity contribution in [3.63, 3.8) is 0 Å². The Bertz CT molecular complexity index is 798. The standard InChI is InChI=1S/C20H20N2O4/c1-13(23)21-16-9-7-15(8-10-16)20(25)26-18(14-5-3-2-4-6-14)19(24)22-17-11-12-17/h2-10,17-18H,11-12H2,1H3,(H,21,23)(H,22,24). The molecule has 0 aliphatic heterocycles. The highest BCUT2D eigenvalue weighted by atomic mass is 16.5. The topological polar surface area (TPSA) is 84.5 Å². The largest absolute Gasteiger partial charge is 0.444 e. The second-order valence-corrected chi connectivity index (χ2v) is 6.24. The van der Waals surface area contributed by atoms with E-state index in [1.54, 1.807) is 48.5 Å². The van der Waals surface area contributed by atoms with Gasteiger partial charge in [-0.2, -0.15) is 0 Å². The van der Waals surface area contributed by atoms with Crippen LogP contribution in [0.3, 0.4) is 0 Å². The van der Waals surface area contributed by atoms with Gasteiger partial charge in [-0.1, -0.05) is 30.3 Å². The van der Waals surface area contributed by atoms with Crippen LogP contribution in [0.1, 0.15) is 41.8 Å². The minimum atomic E-state index is -1.00. The smallest absolute Gasteiger partial charge is 0.339 e. The van der Waals surface area contributed by atoms with E-state index < -0.39 is 12.1 Å². The molecule has 6 nitrogen and oxygen atoms in total. The van der Waals surface area contributed by atoms with Crippen molar-refractivity contribution >= 4 is 23.5 Å². The Balaban J connectivity index is 1.74. The van der Waals surface area contributed by atoms with Crippen molar-refractivity contribution in [2.24, 2.45) is 0 Å². The summed E-state index contributed by atoms with van der Waals surface area (Å²) in [6.07, 6.45) is 0.900. The Morgan fingerprint density at radius 2 is 1.65 bits per heavy atom. The summed E-state index contributed by atoms with van der Waals surface area (Å²) in [5.41, 5.74) is 1.51. The van der Waals surface area contributed by atoms with Gasteiger partial charge in [-0.05, 0) is 37.1 Å². The van der Waals surface area contributed by atoms with E-state index in [4.69, 9.17) is 4.74 Å². The molecule has 0 saturated heterocycles. The van der Waals surface area contributed by atoms with Crippen LogP contribution in [-0.2, 0) is 14.3 Å². The summed E-state index contributed by atoms with van der Waals surface area (Å²) < 4.78 is 5.50. The second kappa shape index (κ2) is 7.82. The maximum Gasteiger partial charge on any atom is 0.339 e. The Morgan fingerprint density at radius 3 is 2.23 bits per heavy atom. The molecule has 1 unspecified atom stereocenters. The number of carbonyl (C=O) groups is 3. The molecule has 0 aromatic heterocycles. The summed E-state index contributed by atoms with van der Waals surface area (Å²) in [7, 11) is 0. The number of amides is 2. The number of ether oxygens (including phenoxy) is 1. The van der Waals surface area contributed by atoms with E-state index in [0.29, 0.717) is 16.8 Å². The fraction of sp³-hybridized carbons (Fsp3) is 0.250. The van der Waals surface area contributed by atoms with E-state index in [-0.39, 0.29) is 17.9 Å². The molecule has 0 radical (unpaired) electrons. The Hall–Kier alpha value is -3.15. The minimum absolute atomic E-state index is 0.171. The van der Waals surface area contributed by atoms with Gasteiger partial charge in [-0.15, -0.1) is 0 Å². The Kier molecular flexibility index (Phi) is 5.31. The van der Waals surface area contributed by atoms with Crippen molar-refractivity contribution in [2.45, 2.75) is 31.9 Å². The molecule has 0 bridgehead atoms. The van der Waals surface area contributed by atoms with Crippen LogP contribution in [0, 0.1) is 0 Å². The second-order valence-electron chi connectivity index (χ2n) is 6.24. The third-order valence-electron chi connectivity index (χ3n) is 3.93. The van der Waals surface area contributed by atoms with Crippen molar-refractivity contribution in [1.82, 2.24) is 5.32 Å². The maximum atomic E-state index is 12.5. The molecule has 3 rings (SSSR count). The van der Waals surface area contributed by atoms with Gasteiger partial charge in [-0.3, -0.25) is 9.59 Å². The first-order valence-corrected chi connectivity index (χ1v) is 8.47. The van der Waals surface area contributed by atoms with Crippen molar-refractivity contribution in [3.8, 4) is 0 Å². The molecule has 1 fully saturated rings. The van der Waals surface area contributed by atoms with E-state index in [0.717, 1.165) is 12.8 Å². The van der Waals surface area contributed by atoms with Gasteiger partial charge >= 0.3 is 5.97 Å². The highest BCUT2D eigenvalue weighted by molar-refractivity contribution is 5.94. The van der Waals surface area contributed by atoms with E-state index in [2.05, 4.69) is 10.6 Å². The zero-order valence-corrected chi connectivity index (χ0v) is 14.4. The molecule has 6 heteroatoms. The van der Waals surface area contributed by atoms with E-state index >= 15 is 0 Å². The number of hydrogen-bond donors (Lipinski definition) is 2. The molecular weight excluding hydrogens is 332 g/mol. The predicted octanol–water partition coefficient (Wildman–Crippen LogP) is 2.82. The van der Waals surface area contributed by atoms with Crippen molar-refractivity contribution in [2.75, 3.05) is 5.32 Å². The molecule has 1 aliphatic carbocycles. The molecule has 1 saturated carbocycles. The number of hydrogen-bond acceptors (Lipinski definition) is 4. The Morgan fingerprint density at radius 1 is 1.00 bits per heavy atom. The molecule has 2 aromatic carbocycles. The van der Waals surface area contributed by atoms with Crippen molar-refractivity contribution in [1.29, 1.82) is 0 Å². The molecule has 1 atom stereocenters. The normalized spacial score (nSPS) is 14.2. The third-order valence-corrected chi connectivity index (χ3v) is 3.93. The van der Waals surface area contributed by atoms with Crippen LogP contribution in [0.2, 0.25) is 0 Å². The van der Waals surface area contributed by atoms with Gasteiger partial charge in [0.05, 0.1) is 5.56 Å². The average molecular weight is 352 g/mol. The van der Waals surface area contributed by atoms with Crippen molar-refractivity contribution in [3.05, 3.63) is 65.7 Å². The third kappa shape index (κ3) is 4.69. The number of esters is 1. The molecule has 2 N–H and O–H groups in total. The summed E-state index contributed by atoms with van der Waals surface area (Å²) in [6.45, 7) is 1.41. The predicted molar refractivity (Wildman–Crippen MR) is 96.5 cm³/mol. The first kappa shape index (κ1) is 17.7. The lowest BCUT2D eigenvalue weighted by Gasteiger charge is -2.18. The van der Waals surface area contributed by atoms with E-state index in [1.807, 2.05) is 6.07 Å². The zero-order chi connectivity index (χ0) is 18.5. The molecule has 0 spiro atoms. The lowest BCUT2D eigenvalue weighted by atomic mass is 10.1. The SMILES string of the molecule is CC(=O)Nc1ccc(C(=O)OC(C(=O)NC2CC2)c2ccccc2)cc1. The lowest BCUT2D eigenvalue weighted by Crippen LogP contribution is -2.33. The first-order chi connectivity index (χ1) is 12.5. The van der Waals surface area contributed by atoms with Crippen LogP contribution in [-0.4, -0.2) is 23.8 Å². The van der Waals surface area contributed by atoms with Gasteiger partial charge in [0.2, 0.25) is 12.0 Å². The summed E-state index contributed by atoms with van der Waals surface area (Å²) in [6, 6.07) is 15.4. The maximum absolute atomic E-state index is 12.5. The quantitative estimate of drug-likeness (QED) is 0.783. The highest BCUT2D eigenvalue weighted by Crippen LogP contribution is 2.24. The summed E-state index contributed by atoms with van der Waals surface area (Å²) in [5.74, 6) is -1.11. The van der Waals surface area contributed by atoms with Gasteiger partial charge in [-0.25, -0.2) is 4.79 Å². The summed E-state index contributed by atoms with van der Waals surface area (Å²) >= 11 is 0. The molecular formula is C20H20N2O4. The number of carbonyl (C=O) groups excluding carboxylic acids is 3. The lowest BCUT2D eigenvalue weighted by molar-refractivity contribution is -0.130. The first-order valence-electron chi connectivity index (χ1n) is 8.47. The molecule has 134 valence electrons. The number of anilines is 1. The zero-order valence-electron chi connectivity index (χ0n) is 14.4. The monoisotopic (exact) mass is 352 g/mol. The molecule has 26 heavy (non-hydrogen) atoms. The van der Waals surface area contributed by atoms with Crippen LogP contribution in [0.5, 0.6) is 0 Å². The van der Waals surface area contributed by atoms with Crippen LogP contribution >= 0.6 is 0 Å². The molecule has 2 amide bonds. The van der Waals surface area contributed by atoms with Gasteiger partial charge in [0.1, 0.15) is 0 Å². The molecule has 2 aromatic rings. The van der Waals surface area contributed by atoms with Crippen LogP contribution in [0.4, 0.5) is 5.69 Å². The number of benzene rings is 2. The Labute approximate surface area is 151 Å². The fourth-order valence-electron chi connectivity index (χ4n) is 2.47. The fourth-order valence-corrected chi connectivity index (χ4v) is 2.47. The highest BCUT2D eigenvalue weighted by Gasteiger charge is 2.31. The number of rotatable bonds is 6. The van der Waals surface area contributed by atoms with Gasteiger partial charge in [0, 0.05) is 24.2 Å². The van der Waals surface area contributed by atoms with Crippen LogP contribution < -0.4 is 10.6 Å². The summed E-state index contributed by atoms with van der Waals surface area (Å²) in [4.78, 5) is 36.0. The van der Waals surface area contributed by atoms with Crippen molar-refractivity contribution < 1.29 is 19.1 Å². The van der Waals surface area contributed by atoms with Crippen LogP contribution in [0.15, 0.2) is 54.6 Å². The van der Waals surface area contributed by atoms with Gasteiger partial charge in [0.15, 0.2) is 0 Å². The van der Waals surface area contributed by atoms with E-state index in [1.165, 1.54) is 6.92 Å². The van der Waals surface area contributed by atoms with E-state index in [9.17, 15) is 14.4 Å².